The molecule has 1 aromatic rings. The zero-order valence-corrected chi connectivity index (χ0v) is 10.00. The number of hydrogen-bond acceptors (Lipinski definition) is 3. The van der Waals surface area contributed by atoms with E-state index >= 15 is 0 Å². The fourth-order valence-electron chi connectivity index (χ4n) is 1.41. The summed E-state index contributed by atoms with van der Waals surface area (Å²) in [6.45, 7) is 1.74. The van der Waals surface area contributed by atoms with Crippen molar-refractivity contribution in [2.75, 3.05) is 13.7 Å². The number of carbonyl (C=O) groups is 1. The average molecular weight is 240 g/mol. The third-order valence-corrected chi connectivity index (χ3v) is 2.20. The predicted molar refractivity (Wildman–Crippen MR) is 63.3 cm³/mol. The number of hydrogen-bond donors (Lipinski definition) is 2. The van der Waals surface area contributed by atoms with Gasteiger partial charge in [-0.3, -0.25) is 4.79 Å². The minimum Gasteiger partial charge on any atom is -0.483 e. The molecule has 0 aliphatic rings. The third-order valence-electron chi connectivity index (χ3n) is 2.20. The van der Waals surface area contributed by atoms with Crippen molar-refractivity contribution in [2.45, 2.75) is 19.4 Å². The molecule has 0 saturated heterocycles. The quantitative estimate of drug-likeness (QED) is 0.801. The Bertz CT molecular complexity index is 394. The first-order chi connectivity index (χ1) is 8.02. The zero-order valence-electron chi connectivity index (χ0n) is 10.00. The number of nitrogens with two attached hydrogens (primary N) is 1. The lowest BCUT2D eigenvalue weighted by atomic mass is 10.1. The Morgan fingerprint density at radius 3 is 2.88 bits per heavy atom. The van der Waals surface area contributed by atoms with Crippen LogP contribution >= 0.6 is 0 Å². The summed E-state index contributed by atoms with van der Waals surface area (Å²) in [4.78, 5) is 11.1. The highest BCUT2D eigenvalue weighted by atomic mass is 19.1. The molecule has 0 fully saturated rings. The summed E-state index contributed by atoms with van der Waals surface area (Å²) in [6, 6.07) is 4.08. The van der Waals surface area contributed by atoms with Crippen LogP contribution in [-0.2, 0) is 11.2 Å². The smallest absolute Gasteiger partial charge is 0.257 e. The molecule has 0 saturated carbocycles. The van der Waals surface area contributed by atoms with E-state index in [-0.39, 0.29) is 24.4 Å². The molecule has 0 aliphatic carbocycles. The number of carbonyl (C=O) groups excluding carboxylic acids is 1. The highest BCUT2D eigenvalue weighted by Crippen LogP contribution is 2.21. The molecule has 1 atom stereocenters. The molecule has 0 aromatic heterocycles. The van der Waals surface area contributed by atoms with Gasteiger partial charge in [0.05, 0.1) is 0 Å². The van der Waals surface area contributed by atoms with Gasteiger partial charge in [-0.1, -0.05) is 0 Å². The van der Waals surface area contributed by atoms with E-state index in [0.717, 1.165) is 0 Å². The van der Waals surface area contributed by atoms with E-state index in [9.17, 15) is 9.18 Å². The van der Waals surface area contributed by atoms with E-state index in [2.05, 4.69) is 5.32 Å². The Morgan fingerprint density at radius 2 is 2.29 bits per heavy atom. The summed E-state index contributed by atoms with van der Waals surface area (Å²) in [5, 5.41) is 2.44. The minimum atomic E-state index is -0.340. The van der Waals surface area contributed by atoms with Gasteiger partial charge in [-0.2, -0.15) is 0 Å². The molecule has 1 aromatic carbocycles. The van der Waals surface area contributed by atoms with Gasteiger partial charge in [-0.15, -0.1) is 0 Å². The van der Waals surface area contributed by atoms with Crippen LogP contribution in [0.25, 0.3) is 0 Å². The van der Waals surface area contributed by atoms with Crippen LogP contribution in [0.4, 0.5) is 4.39 Å². The highest BCUT2D eigenvalue weighted by molar-refractivity contribution is 5.77. The topological polar surface area (TPSA) is 64.3 Å². The molecule has 0 aliphatic heterocycles. The highest BCUT2D eigenvalue weighted by Gasteiger charge is 2.09. The van der Waals surface area contributed by atoms with E-state index < -0.39 is 0 Å². The molecule has 3 N–H and O–H groups in total. The summed E-state index contributed by atoms with van der Waals surface area (Å²) in [5.74, 6) is -0.0821. The van der Waals surface area contributed by atoms with Crippen molar-refractivity contribution in [3.63, 3.8) is 0 Å². The molecular formula is C12H17FN2O2. The van der Waals surface area contributed by atoms with Crippen LogP contribution in [0.15, 0.2) is 18.2 Å². The minimum absolute atomic E-state index is 0.0892. The molecular weight excluding hydrogens is 223 g/mol. The maximum absolute atomic E-state index is 13.1. The van der Waals surface area contributed by atoms with Gasteiger partial charge >= 0.3 is 0 Å². The fraction of sp³-hybridized carbons (Fsp3) is 0.417. The fourth-order valence-corrected chi connectivity index (χ4v) is 1.41. The van der Waals surface area contributed by atoms with Crippen molar-refractivity contribution in [3.8, 4) is 5.75 Å². The summed E-state index contributed by atoms with van der Waals surface area (Å²) < 4.78 is 18.4. The number of nitrogens with one attached hydrogen (secondary N) is 1. The van der Waals surface area contributed by atoms with Crippen molar-refractivity contribution in [1.82, 2.24) is 5.32 Å². The standard InChI is InChI=1S/C12H17FN2O2/c1-8(14)5-9-6-10(13)3-4-11(9)17-7-12(16)15-2/h3-4,6,8H,5,7,14H2,1-2H3,(H,15,16). The Labute approximate surface area is 100.0 Å². The van der Waals surface area contributed by atoms with Gasteiger partial charge < -0.3 is 15.8 Å². The Hall–Kier alpha value is -1.62. The van der Waals surface area contributed by atoms with E-state index in [1.54, 1.807) is 0 Å². The molecule has 4 nitrogen and oxygen atoms in total. The van der Waals surface area contributed by atoms with Gasteiger partial charge in [-0.05, 0) is 37.1 Å². The van der Waals surface area contributed by atoms with Crippen molar-refractivity contribution in [3.05, 3.63) is 29.6 Å². The van der Waals surface area contributed by atoms with Gasteiger partial charge in [0.2, 0.25) is 0 Å². The summed E-state index contributed by atoms with van der Waals surface area (Å²) in [6.07, 6.45) is 0.501. The van der Waals surface area contributed by atoms with Crippen LogP contribution in [0.2, 0.25) is 0 Å². The van der Waals surface area contributed by atoms with Crippen molar-refractivity contribution in [1.29, 1.82) is 0 Å². The summed E-state index contributed by atoms with van der Waals surface area (Å²) in [7, 11) is 1.53. The Balaban J connectivity index is 2.78. The van der Waals surface area contributed by atoms with Crippen LogP contribution in [0.3, 0.4) is 0 Å². The number of benzene rings is 1. The van der Waals surface area contributed by atoms with Crippen molar-refractivity contribution >= 4 is 5.91 Å². The first kappa shape index (κ1) is 13.4. The molecule has 94 valence electrons. The first-order valence-corrected chi connectivity index (χ1v) is 5.40. The number of likely N-dealkylation sites (N-methyl/N-ethyl adjacent to an activating group) is 1. The van der Waals surface area contributed by atoms with E-state index in [0.29, 0.717) is 17.7 Å². The molecule has 5 heteroatoms. The van der Waals surface area contributed by atoms with Gasteiger partial charge in [0.15, 0.2) is 6.61 Å². The maximum atomic E-state index is 13.1. The van der Waals surface area contributed by atoms with Crippen LogP contribution < -0.4 is 15.8 Å². The number of ether oxygens (including phenoxy) is 1. The lowest BCUT2D eigenvalue weighted by molar-refractivity contribution is -0.122. The number of amides is 1. The van der Waals surface area contributed by atoms with Crippen LogP contribution in [0.5, 0.6) is 5.75 Å². The largest absolute Gasteiger partial charge is 0.483 e. The lowest BCUT2D eigenvalue weighted by Gasteiger charge is -2.12. The molecule has 1 amide bonds. The van der Waals surface area contributed by atoms with E-state index in [1.807, 2.05) is 6.92 Å². The SMILES string of the molecule is CNC(=O)COc1ccc(F)cc1CC(C)N. The van der Waals surface area contributed by atoms with Gasteiger partial charge in [0, 0.05) is 13.1 Å². The first-order valence-electron chi connectivity index (χ1n) is 5.40. The number of rotatable bonds is 5. The Morgan fingerprint density at radius 1 is 1.59 bits per heavy atom. The van der Waals surface area contributed by atoms with Gasteiger partial charge in [0.1, 0.15) is 11.6 Å². The van der Waals surface area contributed by atoms with Crippen LogP contribution in [-0.4, -0.2) is 25.6 Å². The second-order valence-corrected chi connectivity index (χ2v) is 3.90. The summed E-state index contributed by atoms with van der Waals surface area (Å²) >= 11 is 0. The zero-order chi connectivity index (χ0) is 12.8. The molecule has 1 rings (SSSR count). The van der Waals surface area contributed by atoms with E-state index in [1.165, 1.54) is 25.2 Å². The molecule has 17 heavy (non-hydrogen) atoms. The molecule has 0 radical (unpaired) electrons. The second-order valence-electron chi connectivity index (χ2n) is 3.90. The molecule has 0 heterocycles. The van der Waals surface area contributed by atoms with Crippen molar-refractivity contribution < 1.29 is 13.9 Å². The summed E-state index contributed by atoms with van der Waals surface area (Å²) in [5.41, 5.74) is 6.34. The van der Waals surface area contributed by atoms with Crippen LogP contribution in [0, 0.1) is 5.82 Å². The molecule has 0 spiro atoms. The van der Waals surface area contributed by atoms with Crippen molar-refractivity contribution in [2.24, 2.45) is 5.73 Å². The Kier molecular flexibility index (Phi) is 4.90. The lowest BCUT2D eigenvalue weighted by Crippen LogP contribution is -2.25. The number of halogens is 1. The normalized spacial score (nSPS) is 12.0. The third kappa shape index (κ3) is 4.40. The van der Waals surface area contributed by atoms with Gasteiger partial charge in [-0.25, -0.2) is 4.39 Å². The monoisotopic (exact) mass is 240 g/mol. The van der Waals surface area contributed by atoms with E-state index in [4.69, 9.17) is 10.5 Å². The second kappa shape index (κ2) is 6.20. The predicted octanol–water partition coefficient (Wildman–Crippen LogP) is 0.840. The maximum Gasteiger partial charge on any atom is 0.257 e. The van der Waals surface area contributed by atoms with Crippen LogP contribution in [0.1, 0.15) is 12.5 Å². The molecule has 1 unspecified atom stereocenters. The average Bonchev–Trinajstić information content (AvgIpc) is 2.26. The van der Waals surface area contributed by atoms with Gasteiger partial charge in [0.25, 0.3) is 5.91 Å². The molecule has 0 bridgehead atoms.